The van der Waals surface area contributed by atoms with Crippen LogP contribution < -0.4 is 4.74 Å². The third kappa shape index (κ3) is 4.81. The van der Waals surface area contributed by atoms with Crippen LogP contribution in [0.5, 0.6) is 5.75 Å². The van der Waals surface area contributed by atoms with Crippen molar-refractivity contribution in [3.8, 4) is 11.4 Å². The van der Waals surface area contributed by atoms with Crippen LogP contribution in [0.4, 0.5) is 26.3 Å². The molecular formula is C23H14Cl2F6N2O. The zero-order valence-electron chi connectivity index (χ0n) is 17.0. The predicted octanol–water partition coefficient (Wildman–Crippen LogP) is 7.70. The van der Waals surface area contributed by atoms with Crippen LogP contribution >= 0.6 is 23.2 Å². The average Bonchev–Trinajstić information content (AvgIpc) is 3.21. The second kappa shape index (κ2) is 9.38. The lowest BCUT2D eigenvalue weighted by Crippen LogP contribution is -2.19. The molecule has 0 N–H and O–H groups in total. The van der Waals surface area contributed by atoms with Crippen molar-refractivity contribution in [3.63, 3.8) is 0 Å². The fourth-order valence-corrected chi connectivity index (χ4v) is 3.88. The molecule has 2 aromatic carbocycles. The molecule has 0 amide bonds. The highest BCUT2D eigenvalue weighted by Crippen LogP contribution is 2.35. The first-order chi connectivity index (χ1) is 16.1. The number of para-hydroxylation sites is 1. The van der Waals surface area contributed by atoms with Crippen LogP contribution in [0.3, 0.4) is 0 Å². The van der Waals surface area contributed by atoms with E-state index in [1.807, 2.05) is 0 Å². The van der Waals surface area contributed by atoms with E-state index in [0.717, 1.165) is 22.9 Å². The topological polar surface area (TPSA) is 27.1 Å². The maximum atomic E-state index is 14.1. The predicted molar refractivity (Wildman–Crippen MR) is 116 cm³/mol. The lowest BCUT2D eigenvalue weighted by molar-refractivity contribution is -0.141. The minimum Gasteiger partial charge on any atom is -0.487 e. The normalized spacial score (nSPS) is 18.5. The zero-order chi connectivity index (χ0) is 24.6. The van der Waals surface area contributed by atoms with Crippen molar-refractivity contribution in [1.29, 1.82) is 0 Å². The van der Waals surface area contributed by atoms with Crippen molar-refractivity contribution in [2.45, 2.75) is 25.1 Å². The Morgan fingerprint density at radius 3 is 2.26 bits per heavy atom. The molecule has 0 saturated carbocycles. The quantitative estimate of drug-likeness (QED) is 0.323. The molecule has 1 aromatic heterocycles. The molecule has 1 aliphatic rings. The number of halogens is 8. The van der Waals surface area contributed by atoms with Gasteiger partial charge in [0.25, 0.3) is 0 Å². The van der Waals surface area contributed by atoms with Gasteiger partial charge in [0.05, 0.1) is 15.7 Å². The Balaban J connectivity index is 1.59. The van der Waals surface area contributed by atoms with E-state index in [-0.39, 0.29) is 44.9 Å². The Morgan fingerprint density at radius 1 is 1.00 bits per heavy atom. The molecule has 3 nitrogen and oxygen atoms in total. The largest absolute Gasteiger partial charge is 0.487 e. The maximum absolute atomic E-state index is 14.1. The van der Waals surface area contributed by atoms with Crippen molar-refractivity contribution < 1.29 is 31.1 Å². The molecule has 2 unspecified atom stereocenters. The van der Waals surface area contributed by atoms with Crippen LogP contribution in [0.2, 0.25) is 10.0 Å². The third-order valence-electron chi connectivity index (χ3n) is 5.00. The number of rotatable bonds is 5. The summed E-state index contributed by atoms with van der Waals surface area (Å²) in [4.78, 5) is 0. The summed E-state index contributed by atoms with van der Waals surface area (Å²) in [6.07, 6.45) is -7.07. The number of allylic oxidation sites excluding steroid dienone is 4. The van der Waals surface area contributed by atoms with Gasteiger partial charge in [0.1, 0.15) is 23.9 Å². The summed E-state index contributed by atoms with van der Waals surface area (Å²) in [7, 11) is 0. The van der Waals surface area contributed by atoms with Gasteiger partial charge in [-0.05, 0) is 42.0 Å². The Bertz CT molecular complexity index is 1250. The highest BCUT2D eigenvalue weighted by atomic mass is 35.5. The van der Waals surface area contributed by atoms with Crippen LogP contribution in [0.25, 0.3) is 11.3 Å². The smallest absolute Gasteiger partial charge is 0.435 e. The molecular weight excluding hydrogens is 505 g/mol. The van der Waals surface area contributed by atoms with Gasteiger partial charge in [-0.15, -0.1) is 0 Å². The number of nitrogens with zero attached hydrogens (tertiary/aromatic N) is 2. The summed E-state index contributed by atoms with van der Waals surface area (Å²) in [5, 5.41) is 3.78. The molecule has 34 heavy (non-hydrogen) atoms. The molecule has 0 saturated heterocycles. The van der Waals surface area contributed by atoms with E-state index in [9.17, 15) is 26.3 Å². The van der Waals surface area contributed by atoms with Gasteiger partial charge in [-0.2, -0.15) is 18.3 Å². The summed E-state index contributed by atoms with van der Waals surface area (Å²) in [6.45, 7) is -0.336. The van der Waals surface area contributed by atoms with Crippen molar-refractivity contribution in [2.24, 2.45) is 0 Å². The van der Waals surface area contributed by atoms with Crippen molar-refractivity contribution >= 4 is 28.8 Å². The highest BCUT2D eigenvalue weighted by Gasteiger charge is 2.35. The Morgan fingerprint density at radius 2 is 1.65 bits per heavy atom. The number of ether oxygens (including phenoxy) is 1. The maximum Gasteiger partial charge on any atom is 0.435 e. The van der Waals surface area contributed by atoms with Gasteiger partial charge in [0, 0.05) is 5.57 Å². The monoisotopic (exact) mass is 518 g/mol. The van der Waals surface area contributed by atoms with Gasteiger partial charge in [-0.25, -0.2) is 17.9 Å². The van der Waals surface area contributed by atoms with E-state index in [1.54, 1.807) is 6.07 Å². The van der Waals surface area contributed by atoms with Crippen LogP contribution in [-0.2, 0) is 12.8 Å². The molecule has 0 spiro atoms. The van der Waals surface area contributed by atoms with E-state index in [4.69, 9.17) is 27.9 Å². The van der Waals surface area contributed by atoms with Crippen LogP contribution in [-0.4, -0.2) is 22.1 Å². The summed E-state index contributed by atoms with van der Waals surface area (Å²) in [5.41, 5.74) is -0.897. The Hall–Kier alpha value is -2.91. The van der Waals surface area contributed by atoms with Crippen LogP contribution in [0.1, 0.15) is 17.0 Å². The summed E-state index contributed by atoms with van der Waals surface area (Å²) >= 11 is 12.3. The van der Waals surface area contributed by atoms with E-state index >= 15 is 0 Å². The second-order valence-electron chi connectivity index (χ2n) is 7.28. The first-order valence-electron chi connectivity index (χ1n) is 9.76. The Labute approximate surface area is 199 Å². The van der Waals surface area contributed by atoms with Gasteiger partial charge in [0.2, 0.25) is 0 Å². The van der Waals surface area contributed by atoms with Crippen LogP contribution in [0, 0.1) is 0 Å². The number of aromatic nitrogens is 2. The molecule has 0 bridgehead atoms. The van der Waals surface area contributed by atoms with E-state index < -0.39 is 30.0 Å². The van der Waals surface area contributed by atoms with Gasteiger partial charge in [-0.1, -0.05) is 47.5 Å². The fourth-order valence-electron chi connectivity index (χ4n) is 3.32. The molecule has 4 rings (SSSR count). The average molecular weight is 519 g/mol. The molecule has 2 atom stereocenters. The molecule has 0 radical (unpaired) electrons. The van der Waals surface area contributed by atoms with Gasteiger partial charge < -0.3 is 4.74 Å². The second-order valence-corrected chi connectivity index (χ2v) is 8.10. The minimum atomic E-state index is -4.71. The molecule has 1 heterocycles. The molecule has 0 fully saturated rings. The number of hydrogen-bond acceptors (Lipinski definition) is 2. The molecule has 0 aliphatic heterocycles. The molecule has 1 aliphatic carbocycles. The fraction of sp³-hybridized carbons (Fsp3) is 0.174. The lowest BCUT2D eigenvalue weighted by atomic mass is 9.96. The number of benzene rings is 2. The highest BCUT2D eigenvalue weighted by molar-refractivity contribution is 6.37. The lowest BCUT2D eigenvalue weighted by Gasteiger charge is -2.17. The minimum absolute atomic E-state index is 0.0182. The molecule has 178 valence electrons. The summed E-state index contributed by atoms with van der Waals surface area (Å²) < 4.78 is 87.4. The first kappa shape index (κ1) is 24.2. The van der Waals surface area contributed by atoms with Crippen molar-refractivity contribution in [1.82, 2.24) is 9.78 Å². The van der Waals surface area contributed by atoms with Crippen molar-refractivity contribution in [2.75, 3.05) is 0 Å². The van der Waals surface area contributed by atoms with E-state index in [0.29, 0.717) is 0 Å². The van der Waals surface area contributed by atoms with Crippen LogP contribution in [0.15, 0.2) is 66.5 Å². The third-order valence-corrected chi connectivity index (χ3v) is 5.61. The van der Waals surface area contributed by atoms with Crippen molar-refractivity contribution in [3.05, 3.63) is 93.5 Å². The summed E-state index contributed by atoms with van der Waals surface area (Å²) in [6, 6.07) is 11.0. The van der Waals surface area contributed by atoms with E-state index in [2.05, 4.69) is 5.10 Å². The van der Waals surface area contributed by atoms with E-state index in [1.165, 1.54) is 36.4 Å². The number of alkyl halides is 5. The van der Waals surface area contributed by atoms with Gasteiger partial charge in [0.15, 0.2) is 18.0 Å². The van der Waals surface area contributed by atoms with Gasteiger partial charge >= 0.3 is 6.18 Å². The van der Waals surface area contributed by atoms with Gasteiger partial charge in [-0.3, -0.25) is 0 Å². The SMILES string of the molecule is FC1=C(c2ccc(OCc3cc(C(F)(F)F)nn3-c3c(Cl)cccc3Cl)cc2)C=CC(F)C1F. The number of hydrogen-bond donors (Lipinski definition) is 0. The Kier molecular flexibility index (Phi) is 6.69. The first-order valence-corrected chi connectivity index (χ1v) is 10.5. The molecule has 11 heteroatoms. The zero-order valence-corrected chi connectivity index (χ0v) is 18.5. The standard InChI is InChI=1S/C23H14Cl2F6N2O/c24-16-2-1-3-17(25)22(16)33-13(10-19(32-33)23(29,30)31)11-34-14-6-4-12(5-7-14)15-8-9-18(26)21(28)20(15)27/h1-10,18,21H,11H2. The summed E-state index contributed by atoms with van der Waals surface area (Å²) in [5.74, 6) is -0.986. The molecule has 3 aromatic rings.